The fourth-order valence-corrected chi connectivity index (χ4v) is 2.71. The van der Waals surface area contributed by atoms with E-state index >= 15 is 0 Å². The van der Waals surface area contributed by atoms with Crippen molar-refractivity contribution in [1.82, 2.24) is 10.1 Å². The summed E-state index contributed by atoms with van der Waals surface area (Å²) in [5.74, 6) is 0.895. The molecule has 4 nitrogen and oxygen atoms in total. The summed E-state index contributed by atoms with van der Waals surface area (Å²) in [5, 5.41) is 3.90. The van der Waals surface area contributed by atoms with Gasteiger partial charge in [-0.2, -0.15) is 0 Å². The van der Waals surface area contributed by atoms with Gasteiger partial charge in [-0.05, 0) is 25.8 Å². The monoisotopic (exact) mass is 270 g/mol. The molecule has 1 amide bonds. The lowest BCUT2D eigenvalue weighted by molar-refractivity contribution is -0.138. The van der Waals surface area contributed by atoms with Crippen LogP contribution in [0.3, 0.4) is 0 Å². The van der Waals surface area contributed by atoms with E-state index in [1.165, 1.54) is 5.56 Å². The highest BCUT2D eigenvalue weighted by molar-refractivity contribution is 5.80. The predicted molar refractivity (Wildman–Crippen MR) is 75.2 cm³/mol. The van der Waals surface area contributed by atoms with Gasteiger partial charge in [0, 0.05) is 12.1 Å². The quantitative estimate of drug-likeness (QED) is 0.861. The van der Waals surface area contributed by atoms with E-state index in [-0.39, 0.29) is 11.9 Å². The number of aryl methyl sites for hydroxylation is 2. The normalized spacial score (nSPS) is 17.9. The molecule has 104 valence electrons. The van der Waals surface area contributed by atoms with Crippen LogP contribution in [0.4, 0.5) is 0 Å². The average molecular weight is 270 g/mol. The summed E-state index contributed by atoms with van der Waals surface area (Å²) in [6.07, 6.45) is 1.42. The topological polar surface area (TPSA) is 46.3 Å². The van der Waals surface area contributed by atoms with Crippen LogP contribution >= 0.6 is 0 Å². The van der Waals surface area contributed by atoms with Gasteiger partial charge >= 0.3 is 0 Å². The summed E-state index contributed by atoms with van der Waals surface area (Å²) >= 11 is 0. The Kier molecular flexibility index (Phi) is 3.30. The molecule has 1 unspecified atom stereocenters. The number of amides is 1. The first-order valence-electron chi connectivity index (χ1n) is 6.93. The van der Waals surface area contributed by atoms with Gasteiger partial charge in [-0.25, -0.2) is 0 Å². The number of hydrogen-bond acceptors (Lipinski definition) is 3. The molecule has 1 aromatic carbocycles. The minimum absolute atomic E-state index is 0.152. The van der Waals surface area contributed by atoms with Crippen LogP contribution in [0.25, 0.3) is 0 Å². The third-order valence-corrected chi connectivity index (χ3v) is 4.03. The van der Waals surface area contributed by atoms with Crippen LogP contribution < -0.4 is 0 Å². The first-order chi connectivity index (χ1) is 9.66. The summed E-state index contributed by atoms with van der Waals surface area (Å²) in [5.41, 5.74) is 2.95. The second-order valence-electron chi connectivity index (χ2n) is 5.28. The maximum absolute atomic E-state index is 12.4. The first-order valence-corrected chi connectivity index (χ1v) is 6.93. The number of benzene rings is 1. The summed E-state index contributed by atoms with van der Waals surface area (Å²) < 4.78 is 5.12. The van der Waals surface area contributed by atoms with E-state index in [1.807, 2.05) is 36.9 Å². The van der Waals surface area contributed by atoms with E-state index in [0.29, 0.717) is 6.42 Å². The highest BCUT2D eigenvalue weighted by Gasteiger charge is 2.33. The molecule has 0 aliphatic carbocycles. The molecule has 4 heteroatoms. The van der Waals surface area contributed by atoms with Crippen molar-refractivity contribution in [3.05, 3.63) is 52.9 Å². The highest BCUT2D eigenvalue weighted by Crippen LogP contribution is 2.33. The molecule has 2 aromatic rings. The Morgan fingerprint density at radius 2 is 2.10 bits per heavy atom. The maximum atomic E-state index is 12.4. The van der Waals surface area contributed by atoms with Gasteiger partial charge in [0.15, 0.2) is 0 Å². The van der Waals surface area contributed by atoms with Crippen molar-refractivity contribution < 1.29 is 9.32 Å². The number of hydrogen-bond donors (Lipinski definition) is 0. The Balaban J connectivity index is 1.72. The van der Waals surface area contributed by atoms with Gasteiger partial charge < -0.3 is 9.42 Å². The minimum Gasteiger partial charge on any atom is -0.361 e. The molecule has 20 heavy (non-hydrogen) atoms. The number of rotatable bonds is 3. The zero-order chi connectivity index (χ0) is 14.1. The van der Waals surface area contributed by atoms with Crippen molar-refractivity contribution in [2.24, 2.45) is 0 Å². The lowest BCUT2D eigenvalue weighted by Crippen LogP contribution is -2.45. The Labute approximate surface area is 118 Å². The second kappa shape index (κ2) is 5.12. The zero-order valence-corrected chi connectivity index (χ0v) is 11.8. The highest BCUT2D eigenvalue weighted by atomic mass is 16.5. The third-order valence-electron chi connectivity index (χ3n) is 4.03. The van der Waals surface area contributed by atoms with E-state index in [4.69, 9.17) is 4.52 Å². The molecule has 0 N–H and O–H groups in total. The van der Waals surface area contributed by atoms with Gasteiger partial charge in [0.05, 0.1) is 18.2 Å². The zero-order valence-electron chi connectivity index (χ0n) is 11.8. The van der Waals surface area contributed by atoms with Crippen molar-refractivity contribution in [2.75, 3.05) is 6.54 Å². The second-order valence-corrected chi connectivity index (χ2v) is 5.28. The smallest absolute Gasteiger partial charge is 0.227 e. The average Bonchev–Trinajstić information content (AvgIpc) is 2.70. The fourth-order valence-electron chi connectivity index (χ4n) is 2.71. The van der Waals surface area contributed by atoms with Crippen LogP contribution in [0.5, 0.6) is 0 Å². The minimum atomic E-state index is 0.152. The van der Waals surface area contributed by atoms with Crippen molar-refractivity contribution in [1.29, 1.82) is 0 Å². The summed E-state index contributed by atoms with van der Waals surface area (Å²) in [4.78, 5) is 14.4. The first kappa shape index (κ1) is 12.9. The number of likely N-dealkylation sites (tertiary alicyclic amines) is 1. The standard InChI is InChI=1S/C16H18N2O2/c1-11-14(12(2)20-17-11)10-16(19)18-9-8-15(18)13-6-4-3-5-7-13/h3-7,15H,8-10H2,1-2H3. The number of nitrogens with zero attached hydrogens (tertiary/aromatic N) is 2. The van der Waals surface area contributed by atoms with Crippen LogP contribution in [-0.2, 0) is 11.2 Å². The summed E-state index contributed by atoms with van der Waals surface area (Å²) in [6, 6.07) is 10.4. The van der Waals surface area contributed by atoms with E-state index in [0.717, 1.165) is 30.0 Å². The van der Waals surface area contributed by atoms with Crippen LogP contribution in [0, 0.1) is 13.8 Å². The Hall–Kier alpha value is -2.10. The summed E-state index contributed by atoms with van der Waals surface area (Å²) in [7, 11) is 0. The van der Waals surface area contributed by atoms with Crippen molar-refractivity contribution >= 4 is 5.91 Å². The molecule has 1 aliphatic rings. The molecule has 1 atom stereocenters. The predicted octanol–water partition coefficient (Wildman–Crippen LogP) is 2.81. The van der Waals surface area contributed by atoms with Gasteiger partial charge in [-0.1, -0.05) is 35.5 Å². The van der Waals surface area contributed by atoms with E-state index in [1.54, 1.807) is 0 Å². The third kappa shape index (κ3) is 2.22. The van der Waals surface area contributed by atoms with Crippen LogP contribution in [0.2, 0.25) is 0 Å². The van der Waals surface area contributed by atoms with E-state index in [2.05, 4.69) is 17.3 Å². The van der Waals surface area contributed by atoms with Crippen molar-refractivity contribution in [3.63, 3.8) is 0 Å². The molecule has 1 saturated heterocycles. The molecular formula is C16H18N2O2. The van der Waals surface area contributed by atoms with E-state index < -0.39 is 0 Å². The molecular weight excluding hydrogens is 252 g/mol. The number of carbonyl (C=O) groups excluding carboxylic acids is 1. The van der Waals surface area contributed by atoms with Crippen LogP contribution in [-0.4, -0.2) is 22.5 Å². The van der Waals surface area contributed by atoms with Crippen LogP contribution in [0.1, 0.15) is 35.0 Å². The number of carbonyl (C=O) groups is 1. The van der Waals surface area contributed by atoms with Crippen molar-refractivity contribution in [3.8, 4) is 0 Å². The lowest BCUT2D eigenvalue weighted by Gasteiger charge is -2.41. The summed E-state index contributed by atoms with van der Waals surface area (Å²) in [6.45, 7) is 4.57. The van der Waals surface area contributed by atoms with Gasteiger partial charge in [-0.3, -0.25) is 4.79 Å². The Morgan fingerprint density at radius 1 is 1.35 bits per heavy atom. The Morgan fingerprint density at radius 3 is 2.65 bits per heavy atom. The largest absolute Gasteiger partial charge is 0.361 e. The molecule has 1 aromatic heterocycles. The lowest BCUT2D eigenvalue weighted by atomic mass is 9.93. The molecule has 1 fully saturated rings. The van der Waals surface area contributed by atoms with Gasteiger partial charge in [0.1, 0.15) is 5.76 Å². The molecule has 0 radical (unpaired) electrons. The van der Waals surface area contributed by atoms with Gasteiger partial charge in [0.25, 0.3) is 0 Å². The molecule has 2 heterocycles. The number of aromatic nitrogens is 1. The SMILES string of the molecule is Cc1noc(C)c1CC(=O)N1CCC1c1ccccc1. The maximum Gasteiger partial charge on any atom is 0.227 e. The Bertz CT molecular complexity index is 599. The van der Waals surface area contributed by atoms with E-state index in [9.17, 15) is 4.79 Å². The molecule has 0 spiro atoms. The molecule has 0 saturated carbocycles. The van der Waals surface area contributed by atoms with Crippen LogP contribution in [0.15, 0.2) is 34.9 Å². The molecule has 0 bridgehead atoms. The van der Waals surface area contributed by atoms with Gasteiger partial charge in [0.2, 0.25) is 5.91 Å². The molecule has 1 aliphatic heterocycles. The molecule has 3 rings (SSSR count). The van der Waals surface area contributed by atoms with Crippen molar-refractivity contribution in [2.45, 2.75) is 32.7 Å². The fraction of sp³-hybridized carbons (Fsp3) is 0.375. The van der Waals surface area contributed by atoms with Gasteiger partial charge in [-0.15, -0.1) is 0 Å².